The molecule has 1 unspecified atom stereocenters. The number of hydrogen-bond donors (Lipinski definition) is 4. The highest BCUT2D eigenvalue weighted by Crippen LogP contribution is 2.44. The summed E-state index contributed by atoms with van der Waals surface area (Å²) in [4.78, 5) is 37.8. The second-order valence-corrected chi connectivity index (χ2v) is 13.0. The molecule has 2 saturated heterocycles. The molecule has 1 aliphatic carbocycles. The van der Waals surface area contributed by atoms with Gasteiger partial charge in [0.25, 0.3) is 5.91 Å². The van der Waals surface area contributed by atoms with Gasteiger partial charge in [-0.2, -0.15) is 16.9 Å². The number of ether oxygens (including phenoxy) is 1. The largest absolute Gasteiger partial charge is 0.497 e. The third-order valence-electron chi connectivity index (χ3n) is 9.05. The monoisotopic (exact) mass is 605 g/mol. The minimum atomic E-state index is -0.288. The summed E-state index contributed by atoms with van der Waals surface area (Å²) in [5.41, 5.74) is 4.79. The Morgan fingerprint density at radius 3 is 2.77 bits per heavy atom. The van der Waals surface area contributed by atoms with Gasteiger partial charge in [-0.3, -0.25) is 9.59 Å². The molecular formula is C32H39N5O5S. The van der Waals surface area contributed by atoms with Crippen LogP contribution in [0.2, 0.25) is 0 Å². The lowest BCUT2D eigenvalue weighted by molar-refractivity contribution is -0.134. The molecule has 3 aliphatic heterocycles. The lowest BCUT2D eigenvalue weighted by atomic mass is 9.77. The van der Waals surface area contributed by atoms with E-state index >= 15 is 0 Å². The van der Waals surface area contributed by atoms with Gasteiger partial charge in [0.2, 0.25) is 5.91 Å². The zero-order valence-corrected chi connectivity index (χ0v) is 25.2. The molecule has 0 spiro atoms. The van der Waals surface area contributed by atoms with Crippen molar-refractivity contribution in [3.63, 3.8) is 0 Å². The number of nitrogens with one attached hydrogen (secondary N) is 3. The van der Waals surface area contributed by atoms with E-state index in [2.05, 4.69) is 16.0 Å². The maximum absolute atomic E-state index is 13.6. The fourth-order valence-corrected chi connectivity index (χ4v) is 8.33. The van der Waals surface area contributed by atoms with Gasteiger partial charge < -0.3 is 25.8 Å². The van der Waals surface area contributed by atoms with Crippen molar-refractivity contribution in [2.24, 2.45) is 11.0 Å². The van der Waals surface area contributed by atoms with Crippen molar-refractivity contribution >= 4 is 35.3 Å². The van der Waals surface area contributed by atoms with Gasteiger partial charge in [0, 0.05) is 28.9 Å². The van der Waals surface area contributed by atoms with E-state index in [1.807, 2.05) is 54.2 Å². The Balaban J connectivity index is 1.05. The van der Waals surface area contributed by atoms with Gasteiger partial charge in [-0.05, 0) is 60.6 Å². The van der Waals surface area contributed by atoms with Gasteiger partial charge in [0.15, 0.2) is 0 Å². The van der Waals surface area contributed by atoms with Gasteiger partial charge >= 0.3 is 6.03 Å². The molecule has 0 aromatic heterocycles. The first-order valence-electron chi connectivity index (χ1n) is 15.2. The van der Waals surface area contributed by atoms with E-state index in [-0.39, 0.29) is 55.0 Å². The average molecular weight is 606 g/mol. The number of aryl methyl sites for hydroxylation is 1. The summed E-state index contributed by atoms with van der Waals surface area (Å²) >= 11 is 1.90. The average Bonchev–Trinajstić information content (AvgIpc) is 3.72. The second-order valence-electron chi connectivity index (χ2n) is 11.7. The van der Waals surface area contributed by atoms with Crippen LogP contribution in [0, 0.1) is 5.92 Å². The molecular weight excluding hydrogens is 566 g/mol. The zero-order valence-electron chi connectivity index (χ0n) is 24.4. The Bertz CT molecular complexity index is 1400. The maximum atomic E-state index is 13.6. The van der Waals surface area contributed by atoms with Crippen molar-refractivity contribution in [2.45, 2.75) is 74.9 Å². The first kappa shape index (κ1) is 29.5. The van der Waals surface area contributed by atoms with Crippen molar-refractivity contribution in [2.75, 3.05) is 19.4 Å². The first-order chi connectivity index (χ1) is 20.9. The highest BCUT2D eigenvalue weighted by atomic mass is 32.2. The number of nitrogens with zero attached hydrogens (tertiary/aromatic N) is 2. The van der Waals surface area contributed by atoms with E-state index in [0.29, 0.717) is 11.7 Å². The number of aliphatic hydroxyl groups is 1. The van der Waals surface area contributed by atoms with E-state index in [4.69, 9.17) is 9.84 Å². The summed E-state index contributed by atoms with van der Waals surface area (Å²) < 4.78 is 5.34. The van der Waals surface area contributed by atoms with E-state index < -0.39 is 0 Å². The molecule has 0 bridgehead atoms. The van der Waals surface area contributed by atoms with Crippen LogP contribution >= 0.6 is 11.8 Å². The first-order valence-corrected chi connectivity index (χ1v) is 16.2. The Morgan fingerprint density at radius 2 is 1.98 bits per heavy atom. The van der Waals surface area contributed by atoms with Crippen molar-refractivity contribution in [1.29, 1.82) is 0 Å². The summed E-state index contributed by atoms with van der Waals surface area (Å²) in [6.45, 7) is -0.176. The standard InChI is InChI=1S/C32H39N5O5S/c1-42-22-12-9-21(10-13-22)31-23-14-11-20-8-7-19(17-38)15-24(20)29(23)36-37(31)28(40)16-33-27(39)6-4-2-3-5-26-30-25(18-43-26)34-32(41)35-30/h7-10,12-13,15,23,25-26,30-31,38H,2-6,11,14,16-18H2,1H3,(H,33,39)(H2,34,35,41)/t23-,25+,26?,30+,31-/m1/s1. The number of thioether (sulfide) groups is 1. The lowest BCUT2D eigenvalue weighted by Gasteiger charge is -2.30. The number of benzene rings is 2. The van der Waals surface area contributed by atoms with Gasteiger partial charge in [0.05, 0.1) is 44.1 Å². The highest BCUT2D eigenvalue weighted by molar-refractivity contribution is 8.00. The summed E-state index contributed by atoms with van der Waals surface area (Å²) in [7, 11) is 1.62. The minimum Gasteiger partial charge on any atom is -0.497 e. The molecule has 2 aromatic carbocycles. The molecule has 228 valence electrons. The number of unbranched alkanes of at least 4 members (excludes halogenated alkanes) is 2. The number of urea groups is 1. The summed E-state index contributed by atoms with van der Waals surface area (Å²) in [6.07, 6.45) is 5.77. The molecule has 0 saturated carbocycles. The number of methoxy groups -OCH3 is 1. The van der Waals surface area contributed by atoms with Crippen LogP contribution in [0.3, 0.4) is 0 Å². The van der Waals surface area contributed by atoms with E-state index in [1.165, 1.54) is 5.56 Å². The molecule has 3 heterocycles. The van der Waals surface area contributed by atoms with Crippen LogP contribution in [0.4, 0.5) is 4.79 Å². The highest BCUT2D eigenvalue weighted by Gasteiger charge is 2.44. The van der Waals surface area contributed by atoms with Crippen LogP contribution in [0.25, 0.3) is 0 Å². The van der Waals surface area contributed by atoms with Crippen LogP contribution in [0.5, 0.6) is 5.75 Å². The van der Waals surface area contributed by atoms with Crippen molar-refractivity contribution < 1.29 is 24.2 Å². The minimum absolute atomic E-state index is 0.0103. The van der Waals surface area contributed by atoms with E-state index in [9.17, 15) is 19.5 Å². The molecule has 0 radical (unpaired) electrons. The van der Waals surface area contributed by atoms with Crippen molar-refractivity contribution in [3.05, 3.63) is 64.7 Å². The molecule has 6 rings (SSSR count). The molecule has 11 heteroatoms. The SMILES string of the molecule is COc1ccc([C@@H]2[C@@H]3CCc4ccc(CO)cc4C3=NN2C(=O)CNC(=O)CCCCCC2SC[C@@H]3NC(=O)N[C@H]23)cc1. The molecule has 5 atom stereocenters. The van der Waals surface area contributed by atoms with E-state index in [0.717, 1.165) is 72.4 Å². The van der Waals surface area contributed by atoms with Crippen molar-refractivity contribution in [3.8, 4) is 5.75 Å². The zero-order chi connectivity index (χ0) is 29.9. The lowest BCUT2D eigenvalue weighted by Crippen LogP contribution is -2.39. The molecule has 4 N–H and O–H groups in total. The molecule has 4 amide bonds. The predicted molar refractivity (Wildman–Crippen MR) is 165 cm³/mol. The van der Waals surface area contributed by atoms with E-state index in [1.54, 1.807) is 12.1 Å². The number of fused-ring (bicyclic) bond motifs is 4. The number of carbonyl (C=O) groups excluding carboxylic acids is 3. The van der Waals surface area contributed by atoms with Crippen LogP contribution in [-0.4, -0.2) is 70.4 Å². The Labute approximate surface area is 256 Å². The second kappa shape index (κ2) is 13.0. The fraction of sp³-hybridized carbons (Fsp3) is 0.500. The molecule has 10 nitrogen and oxygen atoms in total. The predicted octanol–water partition coefficient (Wildman–Crippen LogP) is 3.27. The normalized spacial score (nSPS) is 25.3. The van der Waals surface area contributed by atoms with Gasteiger partial charge in [-0.1, -0.05) is 37.1 Å². The number of aliphatic hydroxyl groups excluding tert-OH is 1. The Morgan fingerprint density at radius 1 is 1.14 bits per heavy atom. The van der Waals surface area contributed by atoms with Gasteiger partial charge in [-0.15, -0.1) is 0 Å². The summed E-state index contributed by atoms with van der Waals surface area (Å²) in [5, 5.41) is 25.4. The van der Waals surface area contributed by atoms with Crippen LogP contribution in [-0.2, 0) is 22.6 Å². The van der Waals surface area contributed by atoms with Crippen LogP contribution < -0.4 is 20.7 Å². The Kier molecular flexibility index (Phi) is 8.90. The number of hydrogen-bond acceptors (Lipinski definition) is 7. The third kappa shape index (κ3) is 6.24. The third-order valence-corrected chi connectivity index (χ3v) is 10.6. The maximum Gasteiger partial charge on any atom is 0.315 e. The number of amides is 4. The fourth-order valence-electron chi connectivity index (χ4n) is 6.79. The van der Waals surface area contributed by atoms with Crippen LogP contribution in [0.15, 0.2) is 47.6 Å². The summed E-state index contributed by atoms with van der Waals surface area (Å²) in [6, 6.07) is 13.8. The number of carbonyl (C=O) groups is 3. The summed E-state index contributed by atoms with van der Waals surface area (Å²) in [5.74, 6) is 1.30. The van der Waals surface area contributed by atoms with Gasteiger partial charge in [-0.25, -0.2) is 9.80 Å². The quantitative estimate of drug-likeness (QED) is 0.230. The molecule has 43 heavy (non-hydrogen) atoms. The number of hydrazone groups is 1. The van der Waals surface area contributed by atoms with Gasteiger partial charge in [0.1, 0.15) is 5.75 Å². The van der Waals surface area contributed by atoms with Crippen molar-refractivity contribution in [1.82, 2.24) is 21.0 Å². The number of rotatable bonds is 11. The smallest absolute Gasteiger partial charge is 0.315 e. The molecule has 4 aliphatic rings. The molecule has 2 aromatic rings. The van der Waals surface area contributed by atoms with Crippen LogP contribution in [0.1, 0.15) is 66.8 Å². The topological polar surface area (TPSA) is 132 Å². The molecule has 2 fully saturated rings. The Hall–Kier alpha value is -3.57.